The first-order valence-corrected chi connectivity index (χ1v) is 12.0. The van der Waals surface area contributed by atoms with E-state index in [1.54, 1.807) is 63.9 Å². The maximum absolute atomic E-state index is 12.6. The number of anilines is 3. The molecule has 12 heteroatoms. The van der Waals surface area contributed by atoms with E-state index < -0.39 is 15.6 Å². The molecular formula is C22H25N9O2S. The first-order chi connectivity index (χ1) is 16.1. The largest absolute Gasteiger partial charge is 0.371 e. The van der Waals surface area contributed by atoms with E-state index in [4.69, 9.17) is 10.5 Å². The number of rotatable bonds is 7. The molecule has 0 unspecified atom stereocenters. The lowest BCUT2D eigenvalue weighted by Crippen LogP contribution is -2.18. The monoisotopic (exact) mass is 479 g/mol. The molecule has 0 saturated heterocycles. The second kappa shape index (κ2) is 8.71. The van der Waals surface area contributed by atoms with E-state index in [0.717, 1.165) is 5.52 Å². The van der Waals surface area contributed by atoms with Crippen molar-refractivity contribution in [2.24, 2.45) is 12.8 Å². The number of nitrogens with two attached hydrogens (primary N) is 1. The lowest BCUT2D eigenvalue weighted by atomic mass is 10.1. The van der Waals surface area contributed by atoms with Crippen LogP contribution in [0.2, 0.25) is 0 Å². The van der Waals surface area contributed by atoms with E-state index in [-0.39, 0.29) is 16.8 Å². The fourth-order valence-electron chi connectivity index (χ4n) is 3.42. The average molecular weight is 480 g/mol. The van der Waals surface area contributed by atoms with Crippen molar-refractivity contribution >= 4 is 44.0 Å². The molecule has 5 N–H and O–H groups in total. The number of pyridine rings is 1. The number of nitrogens with one attached hydrogen (secondary N) is 3. The van der Waals surface area contributed by atoms with Crippen molar-refractivity contribution in [2.45, 2.75) is 24.0 Å². The average Bonchev–Trinajstić information content (AvgIpc) is 3.20. The van der Waals surface area contributed by atoms with Crippen LogP contribution in [-0.2, 0) is 16.8 Å². The summed E-state index contributed by atoms with van der Waals surface area (Å²) in [5, 5.41) is 5.74. The molecule has 0 radical (unpaired) electrons. The molecule has 1 amide bonds. The highest BCUT2D eigenvalue weighted by atomic mass is 32.2. The molecule has 0 fully saturated rings. The molecule has 0 saturated carbocycles. The lowest BCUT2D eigenvalue weighted by Gasteiger charge is -2.15. The van der Waals surface area contributed by atoms with E-state index in [1.165, 1.54) is 0 Å². The summed E-state index contributed by atoms with van der Waals surface area (Å²) in [4.78, 5) is 30.5. The Hall–Kier alpha value is -4.06. The number of nitrogens with zero attached hydrogens (tertiary/aromatic N) is 5. The summed E-state index contributed by atoms with van der Waals surface area (Å²) in [5.41, 5.74) is 8.61. The molecule has 0 spiro atoms. The first-order valence-electron chi connectivity index (χ1n) is 10.4. The van der Waals surface area contributed by atoms with Crippen molar-refractivity contribution in [3.63, 3.8) is 0 Å². The van der Waals surface area contributed by atoms with Gasteiger partial charge in [0.15, 0.2) is 17.3 Å². The van der Waals surface area contributed by atoms with Gasteiger partial charge in [0.2, 0.25) is 0 Å². The zero-order valence-electron chi connectivity index (χ0n) is 19.2. The van der Waals surface area contributed by atoms with Crippen LogP contribution in [-0.4, -0.2) is 46.9 Å². The highest BCUT2D eigenvalue weighted by Crippen LogP contribution is 2.32. The predicted molar refractivity (Wildman–Crippen MR) is 132 cm³/mol. The Morgan fingerprint density at radius 2 is 1.85 bits per heavy atom. The molecule has 1 atom stereocenters. The van der Waals surface area contributed by atoms with Crippen LogP contribution in [0.15, 0.2) is 47.9 Å². The van der Waals surface area contributed by atoms with E-state index in [9.17, 15) is 9.00 Å². The zero-order chi connectivity index (χ0) is 24.6. The van der Waals surface area contributed by atoms with Gasteiger partial charge in [0.1, 0.15) is 11.2 Å². The molecule has 11 nitrogen and oxygen atoms in total. The number of amides is 1. The van der Waals surface area contributed by atoms with Crippen LogP contribution in [0.1, 0.15) is 24.3 Å². The van der Waals surface area contributed by atoms with Gasteiger partial charge in [0, 0.05) is 36.1 Å². The van der Waals surface area contributed by atoms with Crippen molar-refractivity contribution < 1.29 is 9.00 Å². The number of fused-ring (bicyclic) bond motifs is 1. The van der Waals surface area contributed by atoms with Crippen molar-refractivity contribution in [1.82, 2.24) is 24.5 Å². The van der Waals surface area contributed by atoms with Gasteiger partial charge in [0.05, 0.1) is 33.3 Å². The Bertz CT molecular complexity index is 1490. The van der Waals surface area contributed by atoms with Crippen molar-refractivity contribution in [3.8, 4) is 11.3 Å². The second-order valence-corrected chi connectivity index (χ2v) is 10.6. The van der Waals surface area contributed by atoms with Gasteiger partial charge < -0.3 is 20.9 Å². The van der Waals surface area contributed by atoms with Crippen LogP contribution >= 0.6 is 0 Å². The van der Waals surface area contributed by atoms with Crippen LogP contribution in [0.3, 0.4) is 0 Å². The fourth-order valence-corrected chi connectivity index (χ4v) is 4.51. The zero-order valence-corrected chi connectivity index (χ0v) is 20.0. The van der Waals surface area contributed by atoms with Gasteiger partial charge in [-0.1, -0.05) is 0 Å². The minimum atomic E-state index is -2.90. The maximum atomic E-state index is 12.6. The summed E-state index contributed by atoms with van der Waals surface area (Å²) in [6.45, 7) is 3.50. The molecule has 0 aliphatic heterocycles. The van der Waals surface area contributed by atoms with Gasteiger partial charge >= 0.3 is 0 Å². The molecule has 1 aromatic carbocycles. The molecule has 176 valence electrons. The lowest BCUT2D eigenvalue weighted by molar-refractivity contribution is 0.0996. The van der Waals surface area contributed by atoms with Crippen molar-refractivity contribution in [2.75, 3.05) is 17.7 Å². The third kappa shape index (κ3) is 4.03. The Labute approximate surface area is 196 Å². The molecule has 0 aliphatic rings. The molecule has 0 bridgehead atoms. The normalized spacial score (nSPS) is 13.1. The van der Waals surface area contributed by atoms with Gasteiger partial charge in [-0.15, -0.1) is 0 Å². The molecule has 4 rings (SSSR count). The number of primary amides is 1. The van der Waals surface area contributed by atoms with Crippen molar-refractivity contribution in [3.05, 3.63) is 48.7 Å². The van der Waals surface area contributed by atoms with Gasteiger partial charge in [-0.05, 0) is 38.1 Å². The van der Waals surface area contributed by atoms with Gasteiger partial charge in [-0.2, -0.15) is 0 Å². The molecular weight excluding hydrogens is 454 g/mol. The smallest absolute Gasteiger partial charge is 0.271 e. The molecule has 3 aromatic heterocycles. The van der Waals surface area contributed by atoms with Crippen LogP contribution in [0.5, 0.6) is 0 Å². The summed E-state index contributed by atoms with van der Waals surface area (Å²) in [6.07, 6.45) is 4.98. The van der Waals surface area contributed by atoms with Crippen LogP contribution in [0, 0.1) is 4.78 Å². The first kappa shape index (κ1) is 23.1. The Kier molecular flexibility index (Phi) is 5.92. The van der Waals surface area contributed by atoms with Gasteiger partial charge in [-0.25, -0.2) is 23.9 Å². The van der Waals surface area contributed by atoms with E-state index >= 15 is 0 Å². The SMILES string of the molecule is CNc1nc(Nc2ccc([S@@](=N)(=O)C(C)C)cc2)c(C(N)=O)nc1-c1cncc2c1ncn2C. The molecule has 3 heterocycles. The summed E-state index contributed by atoms with van der Waals surface area (Å²) in [6, 6.07) is 6.58. The molecule has 0 aliphatic carbocycles. The van der Waals surface area contributed by atoms with E-state index in [2.05, 4.69) is 30.6 Å². The summed E-state index contributed by atoms with van der Waals surface area (Å²) < 4.78 is 22.6. The molecule has 4 aromatic rings. The number of imidazole rings is 1. The third-order valence-corrected chi connectivity index (χ3v) is 7.69. The van der Waals surface area contributed by atoms with Gasteiger partial charge in [0.25, 0.3) is 5.91 Å². The second-order valence-electron chi connectivity index (χ2n) is 7.94. The summed E-state index contributed by atoms with van der Waals surface area (Å²) in [5.74, 6) is -0.200. The van der Waals surface area contributed by atoms with Crippen LogP contribution < -0.4 is 16.4 Å². The van der Waals surface area contributed by atoms with Crippen LogP contribution in [0.25, 0.3) is 22.3 Å². The number of benzene rings is 1. The van der Waals surface area contributed by atoms with Crippen molar-refractivity contribution in [1.29, 1.82) is 4.78 Å². The van der Waals surface area contributed by atoms with Gasteiger partial charge in [-0.3, -0.25) is 9.78 Å². The number of carbonyl (C=O) groups is 1. The standard InChI is InChI=1S/C22H25N9O2S/c1-12(2)34(24,33)14-7-5-13(6-8-14)28-22-19(20(23)32)29-18(21(25-3)30-22)15-9-26-10-16-17(15)27-11-31(16)4/h5-12,24H,1-4H3,(H2,23,32)(H2,25,28,30)/t34-/m0/s1. The number of carbonyl (C=O) groups excluding carboxylic acids is 1. The maximum Gasteiger partial charge on any atom is 0.271 e. The minimum absolute atomic E-state index is 0.0579. The number of aryl methyl sites for hydroxylation is 1. The number of hydrogen-bond donors (Lipinski definition) is 4. The van der Waals surface area contributed by atoms with Crippen LogP contribution in [0.4, 0.5) is 17.3 Å². The Morgan fingerprint density at radius 1 is 1.15 bits per heavy atom. The third-order valence-electron chi connectivity index (χ3n) is 5.39. The summed E-state index contributed by atoms with van der Waals surface area (Å²) in [7, 11) is 0.648. The molecule has 34 heavy (non-hydrogen) atoms. The predicted octanol–water partition coefficient (Wildman–Crippen LogP) is 3.12. The minimum Gasteiger partial charge on any atom is -0.371 e. The van der Waals surface area contributed by atoms with E-state index in [1.807, 2.05) is 11.6 Å². The quantitative estimate of drug-likeness (QED) is 0.314. The highest BCUT2D eigenvalue weighted by molar-refractivity contribution is 7.93. The number of aromatic nitrogens is 5. The summed E-state index contributed by atoms with van der Waals surface area (Å²) >= 11 is 0. The fraction of sp³-hybridized carbons (Fsp3) is 0.227. The Morgan fingerprint density at radius 3 is 2.47 bits per heavy atom. The highest BCUT2D eigenvalue weighted by Gasteiger charge is 2.21. The topological polar surface area (TPSA) is 165 Å². The van der Waals surface area contributed by atoms with E-state index in [0.29, 0.717) is 33.2 Å². The Balaban J connectivity index is 1.78. The number of hydrogen-bond acceptors (Lipinski definition) is 9.